The molecule has 0 radical (unpaired) electrons. The van der Waals surface area contributed by atoms with Crippen molar-refractivity contribution in [3.63, 3.8) is 0 Å². The number of nitriles is 1. The lowest BCUT2D eigenvalue weighted by Crippen LogP contribution is -2.35. The van der Waals surface area contributed by atoms with Crippen LogP contribution in [0.2, 0.25) is 0 Å². The lowest BCUT2D eigenvalue weighted by atomic mass is 10.2. The summed E-state index contributed by atoms with van der Waals surface area (Å²) in [7, 11) is 0. The lowest BCUT2D eigenvalue weighted by Gasteiger charge is -2.24. The van der Waals surface area contributed by atoms with Crippen molar-refractivity contribution < 1.29 is 14.3 Å². The molecule has 2 amide bonds. The van der Waals surface area contributed by atoms with E-state index < -0.39 is 0 Å². The predicted octanol–water partition coefficient (Wildman–Crippen LogP) is 3.21. The van der Waals surface area contributed by atoms with Crippen LogP contribution in [0.4, 0.5) is 5.69 Å². The van der Waals surface area contributed by atoms with Crippen LogP contribution < -0.4 is 15.0 Å². The van der Waals surface area contributed by atoms with Gasteiger partial charge >= 0.3 is 0 Å². The first-order chi connectivity index (χ1) is 15.6. The second kappa shape index (κ2) is 11.8. The molecule has 32 heavy (non-hydrogen) atoms. The first kappa shape index (κ1) is 23.1. The Morgan fingerprint density at radius 3 is 2.59 bits per heavy atom. The average Bonchev–Trinajstić information content (AvgIpc) is 3.09. The van der Waals surface area contributed by atoms with Gasteiger partial charge in [0.15, 0.2) is 0 Å². The maximum Gasteiger partial charge on any atom is 0.255 e. The molecule has 0 atom stereocenters. The maximum atomic E-state index is 12.7. The third kappa shape index (κ3) is 6.24. The highest BCUT2D eigenvalue weighted by molar-refractivity contribution is 5.96. The molecule has 2 aromatic carbocycles. The second-order valence-corrected chi connectivity index (χ2v) is 7.67. The van der Waals surface area contributed by atoms with Gasteiger partial charge in [0, 0.05) is 44.8 Å². The van der Waals surface area contributed by atoms with E-state index in [1.165, 1.54) is 0 Å². The maximum absolute atomic E-state index is 12.7. The van der Waals surface area contributed by atoms with Gasteiger partial charge in [0.2, 0.25) is 5.91 Å². The molecule has 0 unspecified atom stereocenters. The molecule has 0 saturated carbocycles. The van der Waals surface area contributed by atoms with Gasteiger partial charge in [-0.1, -0.05) is 12.1 Å². The summed E-state index contributed by atoms with van der Waals surface area (Å²) in [6.45, 7) is 5.88. The summed E-state index contributed by atoms with van der Waals surface area (Å²) in [5, 5.41) is 11.8. The van der Waals surface area contributed by atoms with Gasteiger partial charge in [0.05, 0.1) is 23.8 Å². The van der Waals surface area contributed by atoms with E-state index in [-0.39, 0.29) is 11.8 Å². The normalized spacial score (nSPS) is 13.8. The smallest absolute Gasteiger partial charge is 0.255 e. The molecule has 1 N–H and O–H groups in total. The van der Waals surface area contributed by atoms with Gasteiger partial charge in [0.1, 0.15) is 5.75 Å². The molecular weight excluding hydrogens is 404 g/mol. The van der Waals surface area contributed by atoms with E-state index in [4.69, 9.17) is 10.00 Å². The number of rotatable bonds is 8. The van der Waals surface area contributed by atoms with Crippen LogP contribution in [-0.4, -0.2) is 56.0 Å². The highest BCUT2D eigenvalue weighted by atomic mass is 16.5. The number of anilines is 1. The van der Waals surface area contributed by atoms with Gasteiger partial charge in [-0.15, -0.1) is 0 Å². The number of benzene rings is 2. The van der Waals surface area contributed by atoms with Crippen molar-refractivity contribution >= 4 is 17.5 Å². The molecule has 1 heterocycles. The summed E-state index contributed by atoms with van der Waals surface area (Å²) in [6, 6.07) is 16.9. The molecule has 1 aliphatic heterocycles. The largest absolute Gasteiger partial charge is 0.493 e. The third-order valence-corrected chi connectivity index (χ3v) is 5.49. The van der Waals surface area contributed by atoms with Crippen molar-refractivity contribution in [2.75, 3.05) is 44.2 Å². The molecule has 7 nitrogen and oxygen atoms in total. The van der Waals surface area contributed by atoms with Crippen LogP contribution in [0, 0.1) is 11.3 Å². The van der Waals surface area contributed by atoms with Crippen LogP contribution >= 0.6 is 0 Å². The van der Waals surface area contributed by atoms with Gasteiger partial charge in [-0.2, -0.15) is 5.26 Å². The second-order valence-electron chi connectivity index (χ2n) is 7.67. The van der Waals surface area contributed by atoms with Gasteiger partial charge in [-0.3, -0.25) is 9.59 Å². The summed E-state index contributed by atoms with van der Waals surface area (Å²) < 4.78 is 5.51. The van der Waals surface area contributed by atoms with Crippen molar-refractivity contribution in [2.45, 2.75) is 26.2 Å². The number of amides is 2. The van der Waals surface area contributed by atoms with Crippen LogP contribution in [0.15, 0.2) is 48.5 Å². The molecule has 0 spiro atoms. The first-order valence-electron chi connectivity index (χ1n) is 11.1. The Labute approximate surface area is 189 Å². The van der Waals surface area contributed by atoms with Crippen molar-refractivity contribution in [3.8, 4) is 11.8 Å². The highest BCUT2D eigenvalue weighted by Crippen LogP contribution is 2.19. The number of nitrogens with zero attached hydrogens (tertiary/aromatic N) is 3. The Bertz CT molecular complexity index is 952. The minimum Gasteiger partial charge on any atom is -0.493 e. The molecule has 3 rings (SSSR count). The highest BCUT2D eigenvalue weighted by Gasteiger charge is 2.19. The van der Waals surface area contributed by atoms with Crippen molar-refractivity contribution in [1.82, 2.24) is 10.2 Å². The number of hydrogen-bond acceptors (Lipinski definition) is 5. The molecule has 168 valence electrons. The minimum atomic E-state index is -0.186. The number of para-hydroxylation sites is 1. The van der Waals surface area contributed by atoms with Crippen molar-refractivity contribution in [2.24, 2.45) is 0 Å². The van der Waals surface area contributed by atoms with E-state index in [1.807, 2.05) is 48.2 Å². The third-order valence-electron chi connectivity index (χ3n) is 5.49. The number of carbonyl (C=O) groups excluding carboxylic acids is 2. The summed E-state index contributed by atoms with van der Waals surface area (Å²) in [5.74, 6) is 0.505. The SMILES string of the molecule is CCOc1ccccc1C(=O)NCCCC(=O)N1CCCN(c2ccc(C#N)cc2)CC1. The molecule has 7 heteroatoms. The monoisotopic (exact) mass is 434 g/mol. The van der Waals surface area contributed by atoms with Gasteiger partial charge < -0.3 is 19.9 Å². The summed E-state index contributed by atoms with van der Waals surface area (Å²) >= 11 is 0. The number of ether oxygens (including phenoxy) is 1. The van der Waals surface area contributed by atoms with E-state index in [9.17, 15) is 9.59 Å². The fourth-order valence-electron chi connectivity index (χ4n) is 3.80. The van der Waals surface area contributed by atoms with Crippen molar-refractivity contribution in [3.05, 3.63) is 59.7 Å². The Morgan fingerprint density at radius 2 is 1.84 bits per heavy atom. The number of nitrogens with one attached hydrogen (secondary N) is 1. The quantitative estimate of drug-likeness (QED) is 0.645. The molecule has 0 bridgehead atoms. The summed E-state index contributed by atoms with van der Waals surface area (Å²) in [4.78, 5) is 29.3. The van der Waals surface area contributed by atoms with Crippen LogP contribution in [0.5, 0.6) is 5.75 Å². The van der Waals surface area contributed by atoms with Crippen molar-refractivity contribution in [1.29, 1.82) is 5.26 Å². The molecule has 0 aromatic heterocycles. The average molecular weight is 435 g/mol. The first-order valence-corrected chi connectivity index (χ1v) is 11.1. The fraction of sp³-hybridized carbons (Fsp3) is 0.400. The summed E-state index contributed by atoms with van der Waals surface area (Å²) in [5.41, 5.74) is 2.23. The van der Waals surface area contributed by atoms with E-state index in [0.29, 0.717) is 49.4 Å². The fourth-order valence-corrected chi connectivity index (χ4v) is 3.80. The molecular formula is C25H30N4O3. The molecule has 1 saturated heterocycles. The minimum absolute atomic E-state index is 0.121. The molecule has 2 aromatic rings. The Hall–Kier alpha value is -3.53. The Kier molecular flexibility index (Phi) is 8.50. The van der Waals surface area contributed by atoms with Crippen LogP contribution in [-0.2, 0) is 4.79 Å². The predicted molar refractivity (Wildman–Crippen MR) is 124 cm³/mol. The van der Waals surface area contributed by atoms with E-state index >= 15 is 0 Å². The van der Waals surface area contributed by atoms with Crippen LogP contribution in [0.1, 0.15) is 42.1 Å². The van der Waals surface area contributed by atoms with Crippen LogP contribution in [0.3, 0.4) is 0 Å². The zero-order valence-electron chi connectivity index (χ0n) is 18.5. The molecule has 1 fully saturated rings. The van der Waals surface area contributed by atoms with Gasteiger partial charge in [-0.25, -0.2) is 0 Å². The lowest BCUT2D eigenvalue weighted by molar-refractivity contribution is -0.131. The van der Waals surface area contributed by atoms with Gasteiger partial charge in [0.25, 0.3) is 5.91 Å². The zero-order chi connectivity index (χ0) is 22.8. The number of hydrogen-bond donors (Lipinski definition) is 1. The van der Waals surface area contributed by atoms with Gasteiger partial charge in [-0.05, 0) is 56.2 Å². The van der Waals surface area contributed by atoms with E-state index in [2.05, 4.69) is 16.3 Å². The molecule has 1 aliphatic rings. The zero-order valence-corrected chi connectivity index (χ0v) is 18.5. The Morgan fingerprint density at radius 1 is 1.06 bits per heavy atom. The summed E-state index contributed by atoms with van der Waals surface area (Å²) in [6.07, 6.45) is 1.90. The number of carbonyl (C=O) groups is 2. The standard InChI is InChI=1S/C25H30N4O3/c1-2-32-23-8-4-3-7-22(23)25(31)27-14-5-9-24(30)29-16-6-15-28(17-18-29)21-12-10-20(19-26)11-13-21/h3-4,7-8,10-13H,2,5-6,9,14-18H2,1H3,(H,27,31). The molecule has 0 aliphatic carbocycles. The Balaban J connectivity index is 1.42. The van der Waals surface area contributed by atoms with E-state index in [0.717, 1.165) is 31.7 Å². The van der Waals surface area contributed by atoms with E-state index in [1.54, 1.807) is 12.1 Å². The topological polar surface area (TPSA) is 85.7 Å². The van der Waals surface area contributed by atoms with Crippen LogP contribution in [0.25, 0.3) is 0 Å².